The number of pyridine rings is 1. The van der Waals surface area contributed by atoms with Crippen molar-refractivity contribution in [3.63, 3.8) is 0 Å². The van der Waals surface area contributed by atoms with Gasteiger partial charge in [0.15, 0.2) is 0 Å². The van der Waals surface area contributed by atoms with E-state index < -0.39 is 5.82 Å². The van der Waals surface area contributed by atoms with Gasteiger partial charge in [-0.05, 0) is 73.7 Å². The summed E-state index contributed by atoms with van der Waals surface area (Å²) in [5, 5.41) is 25.6. The molecule has 4 aromatic rings. The molecule has 5 N–H and O–H groups in total. The van der Waals surface area contributed by atoms with Crippen LogP contribution in [0.3, 0.4) is 0 Å². The number of hydrogen-bond donors (Lipinski definition) is 5. The minimum atomic E-state index is -0.523. The SMILES string of the molecule is CC(C)N1C=C([C@@H](Nc2cc(Cl)c3ncc(C#N)c(Nc4ccc(F)c(Cl)c4)c3c2)c2csc3c2CCNC3)NN1. The van der Waals surface area contributed by atoms with Crippen LogP contribution in [-0.2, 0) is 13.0 Å². The number of anilines is 3. The maximum absolute atomic E-state index is 13.8. The quantitative estimate of drug-likeness (QED) is 0.157. The first-order chi connectivity index (χ1) is 19.8. The number of thiophene rings is 1. The second-order valence-electron chi connectivity index (χ2n) is 10.2. The average molecular weight is 610 g/mol. The Hall–Kier alpha value is -3.59. The molecule has 12 heteroatoms. The molecule has 0 saturated heterocycles. The molecule has 1 atom stereocenters. The van der Waals surface area contributed by atoms with Crippen molar-refractivity contribution in [3.8, 4) is 6.07 Å². The lowest BCUT2D eigenvalue weighted by molar-refractivity contribution is 0.221. The Morgan fingerprint density at radius 3 is 2.76 bits per heavy atom. The molecular formula is C29H27Cl2FN8S. The molecule has 0 saturated carbocycles. The number of hydrazine groups is 2. The molecule has 0 aliphatic carbocycles. The molecule has 2 aromatic carbocycles. The van der Waals surface area contributed by atoms with Crippen molar-refractivity contribution in [2.45, 2.75) is 38.9 Å². The van der Waals surface area contributed by atoms with E-state index in [0.29, 0.717) is 32.9 Å². The zero-order valence-electron chi connectivity index (χ0n) is 22.3. The van der Waals surface area contributed by atoms with Crippen LogP contribution in [0.15, 0.2) is 53.8 Å². The Morgan fingerprint density at radius 1 is 1.17 bits per heavy atom. The predicted molar refractivity (Wildman–Crippen MR) is 164 cm³/mol. The van der Waals surface area contributed by atoms with E-state index in [-0.39, 0.29) is 17.1 Å². The Kier molecular flexibility index (Phi) is 7.64. The van der Waals surface area contributed by atoms with Crippen molar-refractivity contribution >= 4 is 62.5 Å². The van der Waals surface area contributed by atoms with Gasteiger partial charge in [-0.1, -0.05) is 23.2 Å². The molecule has 0 amide bonds. The fourth-order valence-corrected chi connectivity index (χ4v) is 6.61. The highest BCUT2D eigenvalue weighted by Gasteiger charge is 2.28. The topological polar surface area (TPSA) is 100 Å². The summed E-state index contributed by atoms with van der Waals surface area (Å²) in [5.41, 5.74) is 12.8. The maximum Gasteiger partial charge on any atom is 0.141 e. The van der Waals surface area contributed by atoms with E-state index in [1.165, 1.54) is 34.3 Å². The fraction of sp³-hybridized carbons (Fsp3) is 0.241. The van der Waals surface area contributed by atoms with Gasteiger partial charge < -0.3 is 21.4 Å². The monoisotopic (exact) mass is 608 g/mol. The van der Waals surface area contributed by atoms with E-state index in [1.54, 1.807) is 17.4 Å². The number of benzene rings is 2. The first-order valence-electron chi connectivity index (χ1n) is 13.1. The minimum Gasteiger partial charge on any atom is -0.373 e. The van der Waals surface area contributed by atoms with Crippen LogP contribution in [0, 0.1) is 17.1 Å². The molecule has 2 aromatic heterocycles. The van der Waals surface area contributed by atoms with Crippen LogP contribution in [-0.4, -0.2) is 22.6 Å². The normalized spacial score (nSPS) is 15.3. The van der Waals surface area contributed by atoms with E-state index >= 15 is 0 Å². The number of hydrogen-bond acceptors (Lipinski definition) is 9. The van der Waals surface area contributed by atoms with Gasteiger partial charge >= 0.3 is 0 Å². The van der Waals surface area contributed by atoms with Crippen molar-refractivity contribution in [1.82, 2.24) is 26.3 Å². The molecule has 8 nitrogen and oxygen atoms in total. The highest BCUT2D eigenvalue weighted by molar-refractivity contribution is 7.10. The van der Waals surface area contributed by atoms with Gasteiger partial charge in [0.25, 0.3) is 0 Å². The summed E-state index contributed by atoms with van der Waals surface area (Å²) in [6.07, 6.45) is 4.50. The highest BCUT2D eigenvalue weighted by atomic mass is 35.5. The molecule has 41 heavy (non-hydrogen) atoms. The van der Waals surface area contributed by atoms with E-state index in [4.69, 9.17) is 23.2 Å². The Bertz CT molecular complexity index is 1710. The Balaban J connectivity index is 1.44. The maximum atomic E-state index is 13.8. The highest BCUT2D eigenvalue weighted by Crippen LogP contribution is 2.39. The van der Waals surface area contributed by atoms with Crippen molar-refractivity contribution in [1.29, 1.82) is 5.26 Å². The predicted octanol–water partition coefficient (Wildman–Crippen LogP) is 6.73. The summed E-state index contributed by atoms with van der Waals surface area (Å²) >= 11 is 14.6. The molecule has 210 valence electrons. The molecular weight excluding hydrogens is 582 g/mol. The second kappa shape index (κ2) is 11.4. The number of nitriles is 1. The van der Waals surface area contributed by atoms with Crippen LogP contribution in [0.4, 0.5) is 21.5 Å². The molecule has 0 radical (unpaired) electrons. The van der Waals surface area contributed by atoms with E-state index in [0.717, 1.165) is 30.9 Å². The standard InChI is InChI=1S/C29H27Cl2FN8S/c1-15(2)40-13-25(38-39-40)29(21-14-41-26-12-34-6-5-19(21)26)37-18-7-20-27(36-17-3-4-24(32)22(30)8-17)16(10-33)11-35-28(20)23(31)9-18/h3-4,7-9,11,13-15,29,34,37-39H,5-6,12H2,1-2H3,(H,35,36)/t29-/m0/s1. The zero-order valence-corrected chi connectivity index (χ0v) is 24.6. The fourth-order valence-electron chi connectivity index (χ4n) is 5.07. The number of fused-ring (bicyclic) bond motifs is 2. The number of nitrogens with zero attached hydrogens (tertiary/aromatic N) is 3. The summed E-state index contributed by atoms with van der Waals surface area (Å²) in [4.78, 5) is 5.81. The lowest BCUT2D eigenvalue weighted by atomic mass is 9.97. The molecule has 0 spiro atoms. The number of nitrogens with one attached hydrogen (secondary N) is 5. The third kappa shape index (κ3) is 5.39. The van der Waals surface area contributed by atoms with Gasteiger partial charge in [-0.15, -0.1) is 16.9 Å². The van der Waals surface area contributed by atoms with Crippen LogP contribution >= 0.6 is 34.5 Å². The van der Waals surface area contributed by atoms with Crippen molar-refractivity contribution in [2.75, 3.05) is 17.2 Å². The first kappa shape index (κ1) is 27.6. The average Bonchev–Trinajstić information content (AvgIpc) is 3.62. The second-order valence-corrected chi connectivity index (χ2v) is 12.0. The van der Waals surface area contributed by atoms with Gasteiger partial charge in [0.2, 0.25) is 0 Å². The number of rotatable bonds is 7. The van der Waals surface area contributed by atoms with Crippen LogP contribution in [0.2, 0.25) is 10.0 Å². The Morgan fingerprint density at radius 2 is 2.00 bits per heavy atom. The lowest BCUT2D eigenvalue weighted by Gasteiger charge is -2.24. The number of halogens is 3. The van der Waals surface area contributed by atoms with Gasteiger partial charge in [0.1, 0.15) is 11.9 Å². The summed E-state index contributed by atoms with van der Waals surface area (Å²) in [5.74, 6) is -0.523. The van der Waals surface area contributed by atoms with Crippen LogP contribution in [0.1, 0.15) is 41.5 Å². The molecule has 6 rings (SSSR count). The summed E-state index contributed by atoms with van der Waals surface area (Å²) in [7, 11) is 0. The molecule has 0 fully saturated rings. The van der Waals surface area contributed by atoms with E-state index in [9.17, 15) is 9.65 Å². The third-order valence-corrected chi connectivity index (χ3v) is 8.81. The molecule has 2 aliphatic heterocycles. The largest absolute Gasteiger partial charge is 0.373 e. The van der Waals surface area contributed by atoms with Gasteiger partial charge in [-0.25, -0.2) is 4.39 Å². The van der Waals surface area contributed by atoms with Gasteiger partial charge in [0.05, 0.1) is 38.6 Å². The van der Waals surface area contributed by atoms with Crippen molar-refractivity contribution < 1.29 is 4.39 Å². The number of aromatic nitrogens is 1. The lowest BCUT2D eigenvalue weighted by Crippen LogP contribution is -2.41. The minimum absolute atomic E-state index is 0.0224. The van der Waals surface area contributed by atoms with Gasteiger partial charge in [-0.3, -0.25) is 9.99 Å². The van der Waals surface area contributed by atoms with Crippen LogP contribution < -0.4 is 26.9 Å². The first-order valence-corrected chi connectivity index (χ1v) is 14.8. The summed E-state index contributed by atoms with van der Waals surface area (Å²) in [6, 6.07) is 10.3. The smallest absolute Gasteiger partial charge is 0.141 e. The van der Waals surface area contributed by atoms with E-state index in [1.807, 2.05) is 17.1 Å². The molecule has 0 unspecified atom stereocenters. The third-order valence-electron chi connectivity index (χ3n) is 7.18. The summed E-state index contributed by atoms with van der Waals surface area (Å²) < 4.78 is 13.8. The van der Waals surface area contributed by atoms with Gasteiger partial charge in [-0.2, -0.15) is 5.26 Å². The molecule has 0 bridgehead atoms. The van der Waals surface area contributed by atoms with Crippen LogP contribution in [0.25, 0.3) is 10.9 Å². The van der Waals surface area contributed by atoms with Gasteiger partial charge in [0, 0.05) is 46.6 Å². The molecule has 4 heterocycles. The van der Waals surface area contributed by atoms with Crippen LogP contribution in [0.5, 0.6) is 0 Å². The summed E-state index contributed by atoms with van der Waals surface area (Å²) in [6.45, 7) is 6.02. The zero-order chi connectivity index (χ0) is 28.7. The Labute approximate surface area is 251 Å². The molecule has 2 aliphatic rings. The van der Waals surface area contributed by atoms with Crippen molar-refractivity contribution in [2.24, 2.45) is 0 Å². The van der Waals surface area contributed by atoms with Crippen molar-refractivity contribution in [3.05, 3.63) is 91.2 Å². The van der Waals surface area contributed by atoms with E-state index in [2.05, 4.69) is 63.4 Å².